The van der Waals surface area contributed by atoms with Gasteiger partial charge >= 0.3 is 12.3 Å². The highest BCUT2D eigenvalue weighted by atomic mass is 35.5. The molecule has 1 saturated heterocycles. The van der Waals surface area contributed by atoms with Crippen LogP contribution in [0.5, 0.6) is 5.75 Å². The van der Waals surface area contributed by atoms with Crippen LogP contribution in [0.25, 0.3) is 11.3 Å². The molecule has 2 heterocycles. The van der Waals surface area contributed by atoms with Crippen LogP contribution in [0.3, 0.4) is 0 Å². The molecule has 0 spiro atoms. The van der Waals surface area contributed by atoms with Crippen molar-refractivity contribution < 1.29 is 37.3 Å². The summed E-state index contributed by atoms with van der Waals surface area (Å²) in [7, 11) is 3.26. The molecule has 9 nitrogen and oxygen atoms in total. The van der Waals surface area contributed by atoms with Gasteiger partial charge in [0.1, 0.15) is 11.6 Å². The Morgan fingerprint density at radius 3 is 2.56 bits per heavy atom. The fourth-order valence-electron chi connectivity index (χ4n) is 5.04. The summed E-state index contributed by atoms with van der Waals surface area (Å²) in [5, 5.41) is 12.3. The normalized spacial score (nSPS) is 16.6. The lowest BCUT2D eigenvalue weighted by Gasteiger charge is -2.22. The maximum Gasteiger partial charge on any atom is 0.425 e. The van der Waals surface area contributed by atoms with Gasteiger partial charge in [0.05, 0.1) is 23.9 Å². The van der Waals surface area contributed by atoms with Crippen molar-refractivity contribution in [3.05, 3.63) is 70.6 Å². The number of amides is 2. The van der Waals surface area contributed by atoms with Crippen LogP contribution >= 0.6 is 11.6 Å². The van der Waals surface area contributed by atoms with Gasteiger partial charge in [-0.05, 0) is 56.4 Å². The molecule has 1 aliphatic rings. The molecule has 2 N–H and O–H groups in total. The number of aliphatic hydroxyl groups is 1. The molecule has 1 aliphatic heterocycles. The van der Waals surface area contributed by atoms with E-state index >= 15 is 0 Å². The van der Waals surface area contributed by atoms with Crippen LogP contribution in [0, 0.1) is 0 Å². The van der Waals surface area contributed by atoms with E-state index in [1.807, 2.05) is 42.1 Å². The Labute approximate surface area is 252 Å². The fourth-order valence-corrected chi connectivity index (χ4v) is 5.27. The van der Waals surface area contributed by atoms with E-state index in [4.69, 9.17) is 26.1 Å². The third-order valence-electron chi connectivity index (χ3n) is 7.38. The van der Waals surface area contributed by atoms with Gasteiger partial charge < -0.3 is 24.5 Å². The second-order valence-electron chi connectivity index (χ2n) is 10.4. The minimum absolute atomic E-state index is 0.123. The number of nitrogens with zero attached hydrogens (tertiary/aromatic N) is 3. The van der Waals surface area contributed by atoms with Gasteiger partial charge in [0.2, 0.25) is 0 Å². The number of rotatable bonds is 10. The van der Waals surface area contributed by atoms with Gasteiger partial charge in [-0.2, -0.15) is 13.2 Å². The molecule has 0 radical (unpaired) electrons. The van der Waals surface area contributed by atoms with Crippen molar-refractivity contribution in [2.45, 2.75) is 57.0 Å². The molecule has 0 aliphatic carbocycles. The number of likely N-dealkylation sites (tertiary alicyclic amines) is 1. The first-order valence-electron chi connectivity index (χ1n) is 13.8. The zero-order valence-electron chi connectivity index (χ0n) is 24.0. The largest absolute Gasteiger partial charge is 0.480 e. The SMILES string of the molecule is COC(=O)N1CCC[C@@H]1c1nc(-c2ccc(C[C@@H](CCO)NC(=O)c3ccc(O[C@H](C)C(F)(F)F)c(Cl)c3)cc2)cn1C. The first-order valence-corrected chi connectivity index (χ1v) is 14.2. The van der Waals surface area contributed by atoms with Crippen molar-refractivity contribution in [1.82, 2.24) is 19.8 Å². The monoisotopic (exact) mass is 622 g/mol. The highest BCUT2D eigenvalue weighted by Gasteiger charge is 2.38. The fraction of sp³-hybridized carbons (Fsp3) is 0.433. The van der Waals surface area contributed by atoms with Gasteiger partial charge in [0, 0.05) is 43.6 Å². The molecule has 3 atom stereocenters. The standard InChI is InChI=1S/C30H34ClF3N4O5/c1-18(30(32,33)34)43-26-11-10-21(16-23(26)31)28(40)35-22(12-14-39)15-19-6-8-20(9-7-19)24-17-37(2)27(36-24)25-5-4-13-38(25)29(41)42-3/h6-11,16-18,22,25,39H,4-5,12-15H2,1-3H3,(H,35,40)/t18-,22-,25-/m1/s1. The molecule has 0 saturated carbocycles. The number of halogens is 4. The topological polar surface area (TPSA) is 106 Å². The predicted octanol–water partition coefficient (Wildman–Crippen LogP) is 5.70. The van der Waals surface area contributed by atoms with Crippen LogP contribution in [0.4, 0.5) is 18.0 Å². The molecule has 232 valence electrons. The van der Waals surface area contributed by atoms with Gasteiger partial charge in [-0.25, -0.2) is 9.78 Å². The second-order valence-corrected chi connectivity index (χ2v) is 10.9. The van der Waals surface area contributed by atoms with E-state index < -0.39 is 24.2 Å². The summed E-state index contributed by atoms with van der Waals surface area (Å²) in [4.78, 5) is 31.6. The number of aryl methyl sites for hydroxylation is 1. The van der Waals surface area contributed by atoms with E-state index in [9.17, 15) is 27.9 Å². The Balaban J connectivity index is 1.41. The lowest BCUT2D eigenvalue weighted by molar-refractivity contribution is -0.189. The summed E-state index contributed by atoms with van der Waals surface area (Å²) in [5.74, 6) is 0.114. The molecule has 3 aromatic rings. The summed E-state index contributed by atoms with van der Waals surface area (Å²) >= 11 is 6.09. The van der Waals surface area contributed by atoms with E-state index in [0.717, 1.165) is 42.4 Å². The number of methoxy groups -OCH3 is 1. The lowest BCUT2D eigenvalue weighted by atomic mass is 10.0. The Bertz CT molecular complexity index is 1430. The number of alkyl halides is 3. The number of hydrogen-bond donors (Lipinski definition) is 2. The zero-order chi connectivity index (χ0) is 31.3. The highest BCUT2D eigenvalue weighted by molar-refractivity contribution is 6.32. The summed E-state index contributed by atoms with van der Waals surface area (Å²) in [5.41, 5.74) is 2.70. The quantitative estimate of drug-likeness (QED) is 0.301. The molecule has 1 fully saturated rings. The van der Waals surface area contributed by atoms with Crippen molar-refractivity contribution in [2.75, 3.05) is 20.3 Å². The number of carbonyl (C=O) groups excluding carboxylic acids is 2. The Morgan fingerprint density at radius 2 is 1.93 bits per heavy atom. The van der Waals surface area contributed by atoms with Gasteiger partial charge in [-0.15, -0.1) is 0 Å². The number of nitrogens with one attached hydrogen (secondary N) is 1. The van der Waals surface area contributed by atoms with E-state index in [1.54, 1.807) is 4.90 Å². The van der Waals surface area contributed by atoms with Gasteiger partial charge in [0.25, 0.3) is 5.91 Å². The molecule has 1 aromatic heterocycles. The summed E-state index contributed by atoms with van der Waals surface area (Å²) in [6.45, 7) is 1.33. The molecular formula is C30H34ClF3N4O5. The first-order chi connectivity index (χ1) is 20.4. The number of ether oxygens (including phenoxy) is 2. The number of aromatic nitrogens is 2. The van der Waals surface area contributed by atoms with E-state index in [1.165, 1.54) is 25.3 Å². The van der Waals surface area contributed by atoms with Crippen LogP contribution in [0.1, 0.15) is 54.0 Å². The van der Waals surface area contributed by atoms with E-state index in [0.29, 0.717) is 13.0 Å². The van der Waals surface area contributed by atoms with E-state index in [-0.39, 0.29) is 41.5 Å². The van der Waals surface area contributed by atoms with Gasteiger partial charge in [0.15, 0.2) is 6.10 Å². The molecule has 43 heavy (non-hydrogen) atoms. The molecular weight excluding hydrogens is 589 g/mol. The van der Waals surface area contributed by atoms with E-state index in [2.05, 4.69) is 5.32 Å². The maximum atomic E-state index is 12.9. The van der Waals surface area contributed by atoms with Crippen molar-refractivity contribution in [1.29, 1.82) is 0 Å². The molecule has 0 bridgehead atoms. The van der Waals surface area contributed by atoms with Crippen molar-refractivity contribution in [3.63, 3.8) is 0 Å². The van der Waals surface area contributed by atoms with Gasteiger partial charge in [-0.1, -0.05) is 35.9 Å². The number of hydrogen-bond acceptors (Lipinski definition) is 6. The van der Waals surface area contributed by atoms with Crippen LogP contribution in [-0.4, -0.2) is 70.1 Å². The number of imidazole rings is 1. The lowest BCUT2D eigenvalue weighted by Crippen LogP contribution is -2.37. The number of carbonyl (C=O) groups is 2. The van der Waals surface area contributed by atoms with Crippen LogP contribution in [0.2, 0.25) is 5.02 Å². The molecule has 2 aromatic carbocycles. The predicted molar refractivity (Wildman–Crippen MR) is 154 cm³/mol. The summed E-state index contributed by atoms with van der Waals surface area (Å²) < 4.78 is 50.2. The Hall–Kier alpha value is -3.77. The smallest absolute Gasteiger partial charge is 0.425 e. The zero-order valence-corrected chi connectivity index (χ0v) is 24.8. The average Bonchev–Trinajstić information content (AvgIpc) is 3.60. The number of benzene rings is 2. The Kier molecular flexibility index (Phi) is 10.2. The van der Waals surface area contributed by atoms with Crippen molar-refractivity contribution in [3.8, 4) is 17.0 Å². The third kappa shape index (κ3) is 7.80. The summed E-state index contributed by atoms with van der Waals surface area (Å²) in [6.07, 6.45) is -2.69. The highest BCUT2D eigenvalue weighted by Crippen LogP contribution is 2.34. The maximum absolute atomic E-state index is 12.9. The minimum atomic E-state index is -4.56. The summed E-state index contributed by atoms with van der Waals surface area (Å²) in [6, 6.07) is 10.9. The second kappa shape index (κ2) is 13.7. The van der Waals surface area contributed by atoms with Crippen molar-refractivity contribution in [2.24, 2.45) is 7.05 Å². The molecule has 2 amide bonds. The third-order valence-corrected chi connectivity index (χ3v) is 7.67. The number of aliphatic hydroxyl groups excluding tert-OH is 1. The first kappa shape index (κ1) is 32.2. The Morgan fingerprint density at radius 1 is 1.21 bits per heavy atom. The average molecular weight is 623 g/mol. The molecule has 4 rings (SSSR count). The van der Waals surface area contributed by atoms with Crippen molar-refractivity contribution >= 4 is 23.6 Å². The van der Waals surface area contributed by atoms with Crippen LogP contribution < -0.4 is 10.1 Å². The minimum Gasteiger partial charge on any atom is -0.480 e. The molecule has 13 heteroatoms. The van der Waals surface area contributed by atoms with Crippen LogP contribution in [0.15, 0.2) is 48.7 Å². The van der Waals surface area contributed by atoms with Gasteiger partial charge in [-0.3, -0.25) is 9.69 Å². The molecule has 0 unspecified atom stereocenters. The van der Waals surface area contributed by atoms with Crippen LogP contribution in [-0.2, 0) is 18.2 Å².